The van der Waals surface area contributed by atoms with Gasteiger partial charge in [-0.25, -0.2) is 9.79 Å². The molecule has 0 radical (unpaired) electrons. The molecule has 3 aromatic carbocycles. The maximum absolute atomic E-state index is 13.7. The Morgan fingerprint density at radius 2 is 1.64 bits per heavy atom. The summed E-state index contributed by atoms with van der Waals surface area (Å²) in [5.74, 6) is 0.265. The molecule has 5 rings (SSSR count). The van der Waals surface area contributed by atoms with Gasteiger partial charge in [0, 0.05) is 8.95 Å². The number of hydrogen-bond acceptors (Lipinski definition) is 6. The SMILES string of the molecule is CCOC(=O)C1=C(C)N=c2s/c(=C\c3ccc(OCc4ccc(Br)cc4)cc3)c(=O)n2[C@@H]1c1ccc(Br)cc1. The zero-order valence-corrected chi connectivity index (χ0v) is 25.2. The normalized spacial score (nSPS) is 15.1. The predicted octanol–water partition coefficient (Wildman–Crippen LogP) is 5.90. The summed E-state index contributed by atoms with van der Waals surface area (Å²) < 4.78 is 15.3. The van der Waals surface area contributed by atoms with Crippen LogP contribution in [0.3, 0.4) is 0 Å². The lowest BCUT2D eigenvalue weighted by atomic mass is 9.96. The third kappa shape index (κ3) is 6.00. The number of benzene rings is 3. The van der Waals surface area contributed by atoms with E-state index in [0.717, 1.165) is 31.4 Å². The zero-order chi connectivity index (χ0) is 27.5. The molecule has 0 aliphatic carbocycles. The Balaban J connectivity index is 1.48. The number of rotatable bonds is 7. The molecular formula is C30H24Br2N2O4S. The molecule has 0 bridgehead atoms. The van der Waals surface area contributed by atoms with Gasteiger partial charge in [-0.2, -0.15) is 0 Å². The first-order chi connectivity index (χ1) is 18.8. The van der Waals surface area contributed by atoms with Crippen LogP contribution in [-0.4, -0.2) is 17.1 Å². The van der Waals surface area contributed by atoms with Crippen LogP contribution in [0.25, 0.3) is 6.08 Å². The third-order valence-corrected chi connectivity index (χ3v) is 8.24. The molecule has 1 aliphatic heterocycles. The van der Waals surface area contributed by atoms with Gasteiger partial charge >= 0.3 is 5.97 Å². The molecule has 0 saturated heterocycles. The topological polar surface area (TPSA) is 69.9 Å². The molecule has 0 fully saturated rings. The highest BCUT2D eigenvalue weighted by Gasteiger charge is 2.33. The predicted molar refractivity (Wildman–Crippen MR) is 159 cm³/mol. The molecule has 2 heterocycles. The third-order valence-electron chi connectivity index (χ3n) is 6.20. The summed E-state index contributed by atoms with van der Waals surface area (Å²) >= 11 is 8.20. The van der Waals surface area contributed by atoms with Gasteiger partial charge in [-0.3, -0.25) is 9.36 Å². The van der Waals surface area contributed by atoms with Gasteiger partial charge in [-0.15, -0.1) is 0 Å². The van der Waals surface area contributed by atoms with E-state index in [1.54, 1.807) is 18.4 Å². The Labute approximate surface area is 246 Å². The van der Waals surface area contributed by atoms with E-state index in [9.17, 15) is 9.59 Å². The minimum Gasteiger partial charge on any atom is -0.489 e. The van der Waals surface area contributed by atoms with E-state index in [1.807, 2.05) is 78.9 Å². The van der Waals surface area contributed by atoms with Crippen molar-refractivity contribution in [3.05, 3.63) is 129 Å². The molecule has 4 aromatic rings. The Morgan fingerprint density at radius 3 is 2.28 bits per heavy atom. The van der Waals surface area contributed by atoms with Crippen molar-refractivity contribution in [3.8, 4) is 5.75 Å². The number of carbonyl (C=O) groups excluding carboxylic acids is 1. The van der Waals surface area contributed by atoms with E-state index in [4.69, 9.17) is 9.47 Å². The van der Waals surface area contributed by atoms with Crippen LogP contribution in [0.15, 0.2) is 103 Å². The summed E-state index contributed by atoms with van der Waals surface area (Å²) in [5, 5.41) is 0. The number of hydrogen-bond donors (Lipinski definition) is 0. The molecule has 6 nitrogen and oxygen atoms in total. The van der Waals surface area contributed by atoms with Crippen LogP contribution in [0.2, 0.25) is 0 Å². The van der Waals surface area contributed by atoms with Crippen molar-refractivity contribution in [2.75, 3.05) is 6.61 Å². The van der Waals surface area contributed by atoms with E-state index in [0.29, 0.717) is 27.2 Å². The van der Waals surface area contributed by atoms with E-state index in [-0.39, 0.29) is 12.2 Å². The van der Waals surface area contributed by atoms with Gasteiger partial charge in [-0.05, 0) is 73.0 Å². The van der Waals surface area contributed by atoms with Gasteiger partial charge in [0.2, 0.25) is 0 Å². The number of fused-ring (bicyclic) bond motifs is 1. The summed E-state index contributed by atoms with van der Waals surface area (Å²) in [6.45, 7) is 4.23. The van der Waals surface area contributed by atoms with Gasteiger partial charge in [0.05, 0.1) is 28.5 Å². The minimum atomic E-state index is -0.634. The fraction of sp³-hybridized carbons (Fsp3) is 0.167. The van der Waals surface area contributed by atoms with E-state index in [1.165, 1.54) is 11.3 Å². The van der Waals surface area contributed by atoms with E-state index < -0.39 is 12.0 Å². The molecule has 9 heteroatoms. The fourth-order valence-electron chi connectivity index (χ4n) is 4.31. The van der Waals surface area contributed by atoms with E-state index >= 15 is 0 Å². The van der Waals surface area contributed by atoms with Crippen LogP contribution < -0.4 is 19.6 Å². The first kappa shape index (κ1) is 27.3. The van der Waals surface area contributed by atoms with E-state index in [2.05, 4.69) is 36.9 Å². The Morgan fingerprint density at radius 1 is 1.00 bits per heavy atom. The van der Waals surface area contributed by atoms with Crippen molar-refractivity contribution in [2.45, 2.75) is 26.5 Å². The first-order valence-electron chi connectivity index (χ1n) is 12.3. The molecule has 0 spiro atoms. The van der Waals surface area contributed by atoms with Crippen LogP contribution in [0.5, 0.6) is 5.75 Å². The highest BCUT2D eigenvalue weighted by molar-refractivity contribution is 9.10. The van der Waals surface area contributed by atoms with Crippen LogP contribution in [0, 0.1) is 0 Å². The summed E-state index contributed by atoms with van der Waals surface area (Å²) in [5.41, 5.74) is 3.43. The number of aromatic nitrogens is 1. The van der Waals surface area contributed by atoms with Crippen LogP contribution in [0.4, 0.5) is 0 Å². The molecule has 0 amide bonds. The summed E-state index contributed by atoms with van der Waals surface area (Å²) in [6, 6.07) is 22.5. The maximum Gasteiger partial charge on any atom is 0.338 e. The standard InChI is InChI=1S/C30H24Br2N2O4S/c1-3-37-29(36)26-18(2)33-30-34(27(26)21-8-12-23(32)13-9-21)28(35)25(39-30)16-19-6-14-24(15-7-19)38-17-20-4-10-22(31)11-5-20/h4-16,27H,3,17H2,1-2H3/b25-16-/t27-/m1/s1. The number of carbonyl (C=O) groups is 1. The molecule has 0 N–H and O–H groups in total. The Kier molecular flexibility index (Phi) is 8.30. The largest absolute Gasteiger partial charge is 0.489 e. The molecule has 1 aromatic heterocycles. The zero-order valence-electron chi connectivity index (χ0n) is 21.2. The second kappa shape index (κ2) is 11.9. The van der Waals surface area contributed by atoms with Crippen molar-refractivity contribution in [1.82, 2.24) is 4.57 Å². The highest BCUT2D eigenvalue weighted by atomic mass is 79.9. The average Bonchev–Trinajstić information content (AvgIpc) is 3.23. The van der Waals surface area contributed by atoms with Gasteiger partial charge in [0.1, 0.15) is 12.4 Å². The number of nitrogens with zero attached hydrogens (tertiary/aromatic N) is 2. The molecular weight excluding hydrogens is 644 g/mol. The minimum absolute atomic E-state index is 0.212. The molecule has 0 saturated carbocycles. The van der Waals surface area contributed by atoms with Gasteiger partial charge in [-0.1, -0.05) is 79.6 Å². The average molecular weight is 668 g/mol. The van der Waals surface area contributed by atoms with Crippen molar-refractivity contribution < 1.29 is 14.3 Å². The molecule has 1 aliphatic rings. The lowest BCUT2D eigenvalue weighted by Gasteiger charge is -2.24. The van der Waals surface area contributed by atoms with Crippen LogP contribution in [0.1, 0.15) is 36.6 Å². The molecule has 0 unspecified atom stereocenters. The first-order valence-corrected chi connectivity index (χ1v) is 14.7. The molecule has 1 atom stereocenters. The number of esters is 1. The summed E-state index contributed by atoms with van der Waals surface area (Å²) in [6.07, 6.45) is 1.84. The smallest absolute Gasteiger partial charge is 0.338 e. The van der Waals surface area contributed by atoms with Gasteiger partial charge in [0.15, 0.2) is 4.80 Å². The summed E-state index contributed by atoms with van der Waals surface area (Å²) in [4.78, 5) is 31.9. The monoisotopic (exact) mass is 666 g/mol. The van der Waals surface area contributed by atoms with Crippen molar-refractivity contribution >= 4 is 55.2 Å². The summed E-state index contributed by atoms with van der Waals surface area (Å²) in [7, 11) is 0. The quantitative estimate of drug-likeness (QED) is 0.230. The lowest BCUT2D eigenvalue weighted by molar-refractivity contribution is -0.139. The van der Waals surface area contributed by atoms with Crippen molar-refractivity contribution in [3.63, 3.8) is 0 Å². The Bertz CT molecular complexity index is 1720. The maximum atomic E-state index is 13.7. The van der Waals surface area contributed by atoms with Crippen molar-refractivity contribution in [2.24, 2.45) is 4.99 Å². The number of halogens is 2. The lowest BCUT2D eigenvalue weighted by Crippen LogP contribution is -2.39. The van der Waals surface area contributed by atoms with Gasteiger partial charge < -0.3 is 9.47 Å². The second-order valence-electron chi connectivity index (χ2n) is 8.84. The highest BCUT2D eigenvalue weighted by Crippen LogP contribution is 2.31. The van der Waals surface area contributed by atoms with Crippen molar-refractivity contribution in [1.29, 1.82) is 0 Å². The number of thiazole rings is 1. The second-order valence-corrected chi connectivity index (χ2v) is 11.7. The number of allylic oxidation sites excluding steroid dienone is 1. The molecule has 39 heavy (non-hydrogen) atoms. The number of ether oxygens (including phenoxy) is 2. The van der Waals surface area contributed by atoms with Gasteiger partial charge in [0.25, 0.3) is 5.56 Å². The fourth-order valence-corrected chi connectivity index (χ4v) is 5.89. The molecule has 198 valence electrons. The van der Waals surface area contributed by atoms with Crippen LogP contribution >= 0.6 is 43.2 Å². The Hall–Kier alpha value is -3.27. The van der Waals surface area contributed by atoms with Crippen LogP contribution in [-0.2, 0) is 16.1 Å².